The van der Waals surface area contributed by atoms with E-state index in [0.717, 1.165) is 25.9 Å². The van der Waals surface area contributed by atoms with Crippen molar-refractivity contribution >= 4 is 5.84 Å². The average Bonchev–Trinajstić information content (AvgIpc) is 2.63. The first-order chi connectivity index (χ1) is 7.17. The highest BCUT2D eigenvalue weighted by Crippen LogP contribution is 2.23. The smallest absolute Gasteiger partial charge is 0.0921 e. The van der Waals surface area contributed by atoms with Crippen LogP contribution in [0, 0.1) is 11.3 Å². The number of aliphatic hydroxyl groups is 1. The Kier molecular flexibility index (Phi) is 5.05. The molecule has 0 aliphatic carbocycles. The minimum Gasteiger partial charge on any atom is -0.396 e. The fourth-order valence-electron chi connectivity index (χ4n) is 2.40. The average molecular weight is 213 g/mol. The second-order valence-electron chi connectivity index (χ2n) is 4.45. The Bertz CT molecular complexity index is 208. The summed E-state index contributed by atoms with van der Waals surface area (Å²) in [5, 5.41) is 16.2. The number of nitrogens with one attached hydrogen (secondary N) is 1. The minimum atomic E-state index is 0.285. The van der Waals surface area contributed by atoms with E-state index in [1.54, 1.807) is 0 Å². The summed E-state index contributed by atoms with van der Waals surface area (Å²) in [4.78, 5) is 2.42. The normalized spacial score (nSPS) is 24.3. The molecule has 1 heterocycles. The van der Waals surface area contributed by atoms with Crippen LogP contribution in [0.15, 0.2) is 0 Å². The van der Waals surface area contributed by atoms with E-state index >= 15 is 0 Å². The van der Waals surface area contributed by atoms with Gasteiger partial charge in [0.2, 0.25) is 0 Å². The lowest BCUT2D eigenvalue weighted by molar-refractivity contribution is 0.217. The van der Waals surface area contributed by atoms with Crippen LogP contribution >= 0.6 is 0 Å². The van der Waals surface area contributed by atoms with Crippen molar-refractivity contribution in [2.75, 3.05) is 19.7 Å². The first-order valence-corrected chi connectivity index (χ1v) is 5.85. The molecule has 2 unspecified atom stereocenters. The van der Waals surface area contributed by atoms with Crippen molar-refractivity contribution in [2.24, 2.45) is 11.7 Å². The van der Waals surface area contributed by atoms with E-state index in [0.29, 0.717) is 25.0 Å². The zero-order valence-corrected chi connectivity index (χ0v) is 9.58. The molecular formula is C11H23N3O. The van der Waals surface area contributed by atoms with E-state index in [1.807, 2.05) is 0 Å². The fraction of sp³-hybridized carbons (Fsp3) is 0.909. The molecule has 0 saturated carbocycles. The molecular weight excluding hydrogens is 190 g/mol. The highest BCUT2D eigenvalue weighted by atomic mass is 16.3. The quantitative estimate of drug-likeness (QED) is 0.451. The van der Waals surface area contributed by atoms with Gasteiger partial charge >= 0.3 is 0 Å². The molecule has 0 aromatic heterocycles. The number of nitrogens with zero attached hydrogens (tertiary/aromatic N) is 1. The van der Waals surface area contributed by atoms with Crippen LogP contribution in [0.4, 0.5) is 0 Å². The number of nitrogens with two attached hydrogens (primary N) is 1. The van der Waals surface area contributed by atoms with E-state index in [-0.39, 0.29) is 5.84 Å². The zero-order chi connectivity index (χ0) is 11.3. The summed E-state index contributed by atoms with van der Waals surface area (Å²) in [5.41, 5.74) is 5.45. The van der Waals surface area contributed by atoms with Gasteiger partial charge < -0.3 is 10.8 Å². The number of likely N-dealkylation sites (tertiary alicyclic amines) is 1. The van der Waals surface area contributed by atoms with Crippen molar-refractivity contribution in [3.05, 3.63) is 0 Å². The van der Waals surface area contributed by atoms with Crippen LogP contribution in [0.5, 0.6) is 0 Å². The van der Waals surface area contributed by atoms with Gasteiger partial charge in [0.25, 0.3) is 0 Å². The Hall–Kier alpha value is -0.610. The monoisotopic (exact) mass is 213 g/mol. The molecule has 4 nitrogen and oxygen atoms in total. The number of amidine groups is 1. The van der Waals surface area contributed by atoms with Crippen molar-refractivity contribution in [3.63, 3.8) is 0 Å². The van der Waals surface area contributed by atoms with Crippen molar-refractivity contribution < 1.29 is 5.11 Å². The third kappa shape index (κ3) is 3.80. The van der Waals surface area contributed by atoms with Crippen LogP contribution in [0.1, 0.15) is 32.6 Å². The molecule has 1 aliphatic rings. The molecule has 4 heteroatoms. The molecule has 1 saturated heterocycles. The highest BCUT2D eigenvalue weighted by Gasteiger charge is 2.27. The van der Waals surface area contributed by atoms with Crippen LogP contribution in [0.3, 0.4) is 0 Å². The molecule has 88 valence electrons. The van der Waals surface area contributed by atoms with Gasteiger partial charge in [-0.1, -0.05) is 6.92 Å². The Labute approximate surface area is 92.0 Å². The molecule has 0 radical (unpaired) electrons. The lowest BCUT2D eigenvalue weighted by Gasteiger charge is -2.26. The van der Waals surface area contributed by atoms with Crippen molar-refractivity contribution in [1.29, 1.82) is 5.41 Å². The number of aliphatic hydroxyl groups excluding tert-OH is 1. The maximum atomic E-state index is 8.88. The fourth-order valence-corrected chi connectivity index (χ4v) is 2.40. The van der Waals surface area contributed by atoms with Gasteiger partial charge in [-0.25, -0.2) is 0 Å². The SMILES string of the molecule is CCC(CC(=N)N)N1CCC(CCO)C1. The van der Waals surface area contributed by atoms with Crippen molar-refractivity contribution in [2.45, 2.75) is 38.6 Å². The van der Waals surface area contributed by atoms with Gasteiger partial charge in [0.05, 0.1) is 5.84 Å². The van der Waals surface area contributed by atoms with E-state index < -0.39 is 0 Å². The Morgan fingerprint density at radius 3 is 2.93 bits per heavy atom. The van der Waals surface area contributed by atoms with Gasteiger partial charge in [0.1, 0.15) is 0 Å². The van der Waals surface area contributed by atoms with Crippen molar-refractivity contribution in [3.8, 4) is 0 Å². The molecule has 0 amide bonds. The lowest BCUT2D eigenvalue weighted by atomic mass is 10.1. The van der Waals surface area contributed by atoms with Gasteiger partial charge in [0, 0.05) is 25.6 Å². The standard InChI is InChI=1S/C11H23N3O/c1-2-10(7-11(12)13)14-5-3-9(8-14)4-6-15/h9-10,15H,2-8H2,1H3,(H3,12,13). The number of hydrogen-bond acceptors (Lipinski definition) is 3. The summed E-state index contributed by atoms with van der Waals surface area (Å²) < 4.78 is 0. The molecule has 0 spiro atoms. The summed E-state index contributed by atoms with van der Waals surface area (Å²) in [6.07, 6.45) is 3.82. The molecule has 0 aromatic carbocycles. The van der Waals surface area contributed by atoms with Gasteiger partial charge in [-0.2, -0.15) is 0 Å². The highest BCUT2D eigenvalue weighted by molar-refractivity contribution is 5.77. The summed E-state index contributed by atoms with van der Waals surface area (Å²) in [5.74, 6) is 0.920. The Balaban J connectivity index is 2.39. The summed E-state index contributed by atoms with van der Waals surface area (Å²) >= 11 is 0. The first-order valence-electron chi connectivity index (χ1n) is 5.85. The van der Waals surface area contributed by atoms with Gasteiger partial charge in [0.15, 0.2) is 0 Å². The predicted molar refractivity (Wildman–Crippen MR) is 62.0 cm³/mol. The summed E-state index contributed by atoms with van der Waals surface area (Å²) in [6.45, 7) is 4.60. The molecule has 4 N–H and O–H groups in total. The Morgan fingerprint density at radius 1 is 1.67 bits per heavy atom. The van der Waals surface area contributed by atoms with Gasteiger partial charge in [-0.15, -0.1) is 0 Å². The molecule has 1 rings (SSSR count). The van der Waals surface area contributed by atoms with E-state index in [1.165, 1.54) is 6.42 Å². The van der Waals surface area contributed by atoms with E-state index in [2.05, 4.69) is 11.8 Å². The largest absolute Gasteiger partial charge is 0.396 e. The van der Waals surface area contributed by atoms with E-state index in [9.17, 15) is 0 Å². The second-order valence-corrected chi connectivity index (χ2v) is 4.45. The third-order valence-electron chi connectivity index (χ3n) is 3.30. The minimum absolute atomic E-state index is 0.285. The number of hydrogen-bond donors (Lipinski definition) is 3. The predicted octanol–water partition coefficient (Wildman–Crippen LogP) is 0.795. The second kappa shape index (κ2) is 6.08. The van der Waals surface area contributed by atoms with Gasteiger partial charge in [-0.05, 0) is 31.7 Å². The third-order valence-corrected chi connectivity index (χ3v) is 3.30. The number of rotatable bonds is 6. The topological polar surface area (TPSA) is 73.3 Å². The molecule has 1 aliphatic heterocycles. The van der Waals surface area contributed by atoms with Crippen molar-refractivity contribution in [1.82, 2.24) is 4.90 Å². The van der Waals surface area contributed by atoms with Crippen LogP contribution in [-0.2, 0) is 0 Å². The van der Waals surface area contributed by atoms with Gasteiger partial charge in [-0.3, -0.25) is 10.3 Å². The van der Waals surface area contributed by atoms with Crippen LogP contribution < -0.4 is 5.73 Å². The zero-order valence-electron chi connectivity index (χ0n) is 9.58. The summed E-state index contributed by atoms with van der Waals surface area (Å²) in [7, 11) is 0. The molecule has 0 bridgehead atoms. The first kappa shape index (κ1) is 12.5. The summed E-state index contributed by atoms with van der Waals surface area (Å²) in [6, 6.07) is 0.422. The maximum Gasteiger partial charge on any atom is 0.0921 e. The van der Waals surface area contributed by atoms with Crippen LogP contribution in [0.25, 0.3) is 0 Å². The van der Waals surface area contributed by atoms with Crippen LogP contribution in [-0.4, -0.2) is 41.6 Å². The molecule has 1 fully saturated rings. The molecule has 0 aromatic rings. The molecule has 15 heavy (non-hydrogen) atoms. The Morgan fingerprint density at radius 2 is 2.40 bits per heavy atom. The molecule has 2 atom stereocenters. The maximum absolute atomic E-state index is 8.88. The van der Waals surface area contributed by atoms with Crippen LogP contribution in [0.2, 0.25) is 0 Å². The lowest BCUT2D eigenvalue weighted by Crippen LogP contribution is -2.36. The van der Waals surface area contributed by atoms with E-state index in [4.69, 9.17) is 16.2 Å².